The number of amides is 1. The number of benzene rings is 2. The maximum absolute atomic E-state index is 13.1. The zero-order valence-electron chi connectivity index (χ0n) is 20.0. The van der Waals surface area contributed by atoms with Gasteiger partial charge in [-0.1, -0.05) is 38.8 Å². The summed E-state index contributed by atoms with van der Waals surface area (Å²) >= 11 is 0. The minimum Gasteiger partial charge on any atom is -0.507 e. The lowest BCUT2D eigenvalue weighted by Crippen LogP contribution is -2.30. The fourth-order valence-electron chi connectivity index (χ4n) is 4.03. The summed E-state index contributed by atoms with van der Waals surface area (Å²) in [4.78, 5) is 29.7. The van der Waals surface area contributed by atoms with Gasteiger partial charge in [0.15, 0.2) is 0 Å². The number of ketones is 1. The molecule has 1 fully saturated rings. The van der Waals surface area contributed by atoms with Crippen molar-refractivity contribution in [3.63, 3.8) is 0 Å². The van der Waals surface area contributed by atoms with Crippen LogP contribution in [-0.4, -0.2) is 48.9 Å². The minimum absolute atomic E-state index is 0.135. The van der Waals surface area contributed by atoms with Crippen LogP contribution in [0.3, 0.4) is 0 Å². The number of carbonyl (C=O) groups excluding carboxylic acids is 2. The summed E-state index contributed by atoms with van der Waals surface area (Å²) in [5, 5.41) is 11.2. The van der Waals surface area contributed by atoms with Crippen LogP contribution in [0.2, 0.25) is 0 Å². The Balaban J connectivity index is 2.03. The van der Waals surface area contributed by atoms with Crippen molar-refractivity contribution in [2.75, 3.05) is 32.1 Å². The largest absolute Gasteiger partial charge is 0.507 e. The average Bonchev–Trinajstić information content (AvgIpc) is 3.08. The van der Waals surface area contributed by atoms with E-state index in [0.29, 0.717) is 24.5 Å². The van der Waals surface area contributed by atoms with E-state index >= 15 is 0 Å². The van der Waals surface area contributed by atoms with E-state index in [-0.39, 0.29) is 11.3 Å². The number of ether oxygens (including phenoxy) is 1. The molecule has 1 atom stereocenters. The summed E-state index contributed by atoms with van der Waals surface area (Å²) in [5.41, 5.74) is 2.45. The second-order valence-electron chi connectivity index (χ2n) is 8.56. The van der Waals surface area contributed by atoms with Gasteiger partial charge in [0, 0.05) is 31.9 Å². The number of unbranched alkanes of at least 4 members (excludes halogenated alkanes) is 2. The first kappa shape index (κ1) is 24.4. The monoisotopic (exact) mass is 450 g/mol. The number of aliphatic hydroxyl groups excluding tert-OH is 1. The molecule has 0 aliphatic carbocycles. The van der Waals surface area contributed by atoms with Crippen LogP contribution in [0.5, 0.6) is 5.75 Å². The molecule has 1 saturated heterocycles. The number of aliphatic hydroxyl groups is 1. The average molecular weight is 451 g/mol. The smallest absolute Gasteiger partial charge is 0.295 e. The first-order valence-electron chi connectivity index (χ1n) is 11.7. The van der Waals surface area contributed by atoms with Crippen molar-refractivity contribution in [1.82, 2.24) is 4.90 Å². The van der Waals surface area contributed by atoms with Gasteiger partial charge in [-0.05, 0) is 54.8 Å². The van der Waals surface area contributed by atoms with E-state index in [0.717, 1.165) is 36.9 Å². The van der Waals surface area contributed by atoms with Crippen LogP contribution in [0.4, 0.5) is 5.69 Å². The van der Waals surface area contributed by atoms with E-state index in [2.05, 4.69) is 6.92 Å². The zero-order chi connectivity index (χ0) is 24.0. The second-order valence-corrected chi connectivity index (χ2v) is 8.56. The van der Waals surface area contributed by atoms with Gasteiger partial charge in [-0.3, -0.25) is 9.59 Å². The predicted molar refractivity (Wildman–Crippen MR) is 132 cm³/mol. The van der Waals surface area contributed by atoms with E-state index in [1.54, 1.807) is 29.2 Å². The Labute approximate surface area is 196 Å². The van der Waals surface area contributed by atoms with Gasteiger partial charge in [0.25, 0.3) is 11.7 Å². The van der Waals surface area contributed by atoms with Crippen LogP contribution < -0.4 is 9.64 Å². The third-order valence-corrected chi connectivity index (χ3v) is 5.87. The van der Waals surface area contributed by atoms with Gasteiger partial charge in [-0.25, -0.2) is 0 Å². The fourth-order valence-corrected chi connectivity index (χ4v) is 4.03. The van der Waals surface area contributed by atoms with Crippen molar-refractivity contribution in [2.45, 2.75) is 45.6 Å². The first-order chi connectivity index (χ1) is 15.9. The summed E-state index contributed by atoms with van der Waals surface area (Å²) in [7, 11) is 3.92. The molecule has 3 rings (SSSR count). The Bertz CT molecular complexity index is 994. The SMILES string of the molecule is CCCCCN1C(=O)C(=O)/C(=C(\O)c2ccc(OCCC)cc2)C1c1ccc(N(C)C)cc1. The Kier molecular flexibility index (Phi) is 8.15. The minimum atomic E-state index is -0.642. The molecule has 0 bridgehead atoms. The molecule has 6 heteroatoms. The van der Waals surface area contributed by atoms with Gasteiger partial charge in [0.05, 0.1) is 18.2 Å². The van der Waals surface area contributed by atoms with Gasteiger partial charge in [-0.15, -0.1) is 0 Å². The highest BCUT2D eigenvalue weighted by atomic mass is 16.5. The highest BCUT2D eigenvalue weighted by Gasteiger charge is 2.45. The van der Waals surface area contributed by atoms with Crippen LogP contribution in [0.1, 0.15) is 56.7 Å². The van der Waals surface area contributed by atoms with E-state index in [4.69, 9.17) is 4.74 Å². The third kappa shape index (κ3) is 5.38. The maximum atomic E-state index is 13.1. The Morgan fingerprint density at radius 3 is 2.21 bits per heavy atom. The Morgan fingerprint density at radius 1 is 0.970 bits per heavy atom. The van der Waals surface area contributed by atoms with Crippen molar-refractivity contribution in [1.29, 1.82) is 0 Å². The Hall–Kier alpha value is -3.28. The lowest BCUT2D eigenvalue weighted by atomic mass is 9.95. The standard InChI is InChI=1S/C27H34N2O4/c1-5-7-8-17-29-24(19-9-13-21(14-10-19)28(3)4)23(26(31)27(29)32)25(30)20-11-15-22(16-12-20)33-18-6-2/h9-16,24,30H,5-8,17-18H2,1-4H3/b25-23-. The Morgan fingerprint density at radius 2 is 1.64 bits per heavy atom. The van der Waals surface area contributed by atoms with E-state index in [1.165, 1.54) is 0 Å². The third-order valence-electron chi connectivity index (χ3n) is 5.87. The molecule has 0 radical (unpaired) electrons. The highest BCUT2D eigenvalue weighted by molar-refractivity contribution is 6.46. The maximum Gasteiger partial charge on any atom is 0.295 e. The van der Waals surface area contributed by atoms with Crippen molar-refractivity contribution >= 4 is 23.1 Å². The number of likely N-dealkylation sites (tertiary alicyclic amines) is 1. The first-order valence-corrected chi connectivity index (χ1v) is 11.7. The molecule has 1 aliphatic heterocycles. The fraction of sp³-hybridized carbons (Fsp3) is 0.407. The predicted octanol–water partition coefficient (Wildman–Crippen LogP) is 5.15. The number of carbonyl (C=O) groups is 2. The molecule has 1 aliphatic rings. The molecule has 6 nitrogen and oxygen atoms in total. The van der Waals surface area contributed by atoms with Crippen LogP contribution in [0, 0.1) is 0 Å². The number of hydrogen-bond donors (Lipinski definition) is 1. The molecule has 1 N–H and O–H groups in total. The normalized spacial score (nSPS) is 17.5. The summed E-state index contributed by atoms with van der Waals surface area (Å²) in [6.07, 6.45) is 3.68. The molecule has 2 aromatic carbocycles. The van der Waals surface area contributed by atoms with Gasteiger partial charge in [-0.2, -0.15) is 0 Å². The van der Waals surface area contributed by atoms with Crippen LogP contribution in [0.25, 0.3) is 5.76 Å². The molecule has 1 unspecified atom stereocenters. The highest BCUT2D eigenvalue weighted by Crippen LogP contribution is 2.40. The molecule has 176 valence electrons. The van der Waals surface area contributed by atoms with Crippen molar-refractivity contribution in [2.24, 2.45) is 0 Å². The zero-order valence-corrected chi connectivity index (χ0v) is 20.0. The van der Waals surface area contributed by atoms with Crippen LogP contribution >= 0.6 is 0 Å². The van der Waals surface area contributed by atoms with Gasteiger partial charge < -0.3 is 19.6 Å². The number of Topliss-reactive ketones (excluding diaryl/α,β-unsaturated/α-hetero) is 1. The van der Waals surface area contributed by atoms with Crippen LogP contribution in [0.15, 0.2) is 54.1 Å². The molecule has 1 amide bonds. The number of hydrogen-bond acceptors (Lipinski definition) is 5. The molecular weight excluding hydrogens is 416 g/mol. The van der Waals surface area contributed by atoms with Crippen molar-refractivity contribution in [3.05, 3.63) is 65.2 Å². The summed E-state index contributed by atoms with van der Waals surface area (Å²) in [6.45, 7) is 5.21. The quantitative estimate of drug-likeness (QED) is 0.235. The summed E-state index contributed by atoms with van der Waals surface area (Å²) in [5.74, 6) is -0.659. The van der Waals surface area contributed by atoms with Crippen LogP contribution in [-0.2, 0) is 9.59 Å². The molecule has 0 aromatic heterocycles. The van der Waals surface area contributed by atoms with Crippen molar-refractivity contribution in [3.8, 4) is 5.75 Å². The molecular formula is C27H34N2O4. The van der Waals surface area contributed by atoms with E-state index in [9.17, 15) is 14.7 Å². The van der Waals surface area contributed by atoms with Gasteiger partial charge in [0.1, 0.15) is 11.5 Å². The van der Waals surface area contributed by atoms with E-state index < -0.39 is 17.7 Å². The van der Waals surface area contributed by atoms with Crippen molar-refractivity contribution < 1.29 is 19.4 Å². The van der Waals surface area contributed by atoms with E-state index in [1.807, 2.05) is 50.2 Å². The summed E-state index contributed by atoms with van der Waals surface area (Å²) in [6, 6.07) is 14.1. The second kappa shape index (κ2) is 11.0. The number of rotatable bonds is 10. The number of nitrogens with zero attached hydrogens (tertiary/aromatic N) is 2. The molecule has 0 spiro atoms. The lowest BCUT2D eigenvalue weighted by molar-refractivity contribution is -0.139. The topological polar surface area (TPSA) is 70.1 Å². The number of anilines is 1. The molecule has 33 heavy (non-hydrogen) atoms. The van der Waals surface area contributed by atoms with Gasteiger partial charge in [0.2, 0.25) is 0 Å². The molecule has 1 heterocycles. The van der Waals surface area contributed by atoms with Gasteiger partial charge >= 0.3 is 0 Å². The molecule has 0 saturated carbocycles. The summed E-state index contributed by atoms with van der Waals surface area (Å²) < 4.78 is 5.62. The molecule has 2 aromatic rings. The lowest BCUT2D eigenvalue weighted by Gasteiger charge is -2.26.